The predicted octanol–water partition coefficient (Wildman–Crippen LogP) is 1.54. The fraction of sp³-hybridized carbons (Fsp3) is 0.400. The first-order valence-electron chi connectivity index (χ1n) is 7.13. The minimum atomic E-state index is -0.617. The molecule has 2 atom stereocenters. The lowest BCUT2D eigenvalue weighted by molar-refractivity contribution is 0.0850. The van der Waals surface area contributed by atoms with Crippen molar-refractivity contribution in [3.63, 3.8) is 0 Å². The zero-order valence-electron chi connectivity index (χ0n) is 12.5. The quantitative estimate of drug-likeness (QED) is 0.848. The molecule has 22 heavy (non-hydrogen) atoms. The van der Waals surface area contributed by atoms with Crippen molar-refractivity contribution in [3.05, 3.63) is 42.2 Å². The summed E-state index contributed by atoms with van der Waals surface area (Å²) in [7, 11) is 0. The molecule has 0 saturated carbocycles. The van der Waals surface area contributed by atoms with E-state index in [4.69, 9.17) is 0 Å². The van der Waals surface area contributed by atoms with Crippen LogP contribution in [0, 0.1) is 11.7 Å². The molecule has 1 aromatic carbocycles. The number of halogens is 1. The molecule has 118 valence electrons. The topological polar surface area (TPSA) is 80.0 Å². The molecule has 1 aromatic heterocycles. The fourth-order valence-electron chi connectivity index (χ4n) is 1.94. The third-order valence-corrected chi connectivity index (χ3v) is 3.65. The summed E-state index contributed by atoms with van der Waals surface area (Å²) in [6.45, 7) is 4.01. The second kappa shape index (κ2) is 7.13. The lowest BCUT2D eigenvalue weighted by Gasteiger charge is -2.17. The second-order valence-electron chi connectivity index (χ2n) is 5.17. The van der Waals surface area contributed by atoms with Gasteiger partial charge in [0.15, 0.2) is 0 Å². The summed E-state index contributed by atoms with van der Waals surface area (Å²) in [4.78, 5) is 15.7. The summed E-state index contributed by atoms with van der Waals surface area (Å²) < 4.78 is 15.3. The molecule has 0 aliphatic rings. The first-order chi connectivity index (χ1) is 10.5. The van der Waals surface area contributed by atoms with Gasteiger partial charge in [-0.25, -0.2) is 14.1 Å². The minimum Gasteiger partial charge on any atom is -0.391 e. The van der Waals surface area contributed by atoms with Crippen LogP contribution in [0.1, 0.15) is 30.6 Å². The second-order valence-corrected chi connectivity index (χ2v) is 5.17. The van der Waals surface area contributed by atoms with Crippen LogP contribution < -0.4 is 5.32 Å². The van der Waals surface area contributed by atoms with Gasteiger partial charge in [-0.15, -0.1) is 0 Å². The number of amides is 1. The van der Waals surface area contributed by atoms with Gasteiger partial charge in [0.25, 0.3) is 5.91 Å². The number of benzene rings is 1. The molecule has 7 heteroatoms. The molecule has 0 aliphatic heterocycles. The van der Waals surface area contributed by atoms with Gasteiger partial charge >= 0.3 is 0 Å². The van der Waals surface area contributed by atoms with Crippen LogP contribution in [0.25, 0.3) is 5.69 Å². The van der Waals surface area contributed by atoms with Gasteiger partial charge in [0.05, 0.1) is 6.10 Å². The van der Waals surface area contributed by atoms with E-state index in [1.54, 1.807) is 0 Å². The molecule has 1 heterocycles. The highest BCUT2D eigenvalue weighted by molar-refractivity contribution is 5.94. The maximum absolute atomic E-state index is 14.0. The Bertz CT molecular complexity index is 630. The maximum atomic E-state index is 14.0. The van der Waals surface area contributed by atoms with E-state index < -0.39 is 17.8 Å². The van der Waals surface area contributed by atoms with Crippen molar-refractivity contribution in [3.8, 4) is 5.69 Å². The average Bonchev–Trinajstić information content (AvgIpc) is 3.05. The molecule has 1 amide bonds. The highest BCUT2D eigenvalue weighted by Crippen LogP contribution is 2.14. The fourth-order valence-corrected chi connectivity index (χ4v) is 1.94. The number of nitrogens with zero attached hydrogens (tertiary/aromatic N) is 3. The van der Waals surface area contributed by atoms with Crippen molar-refractivity contribution < 1.29 is 14.3 Å². The summed E-state index contributed by atoms with van der Waals surface area (Å²) in [5, 5.41) is 16.3. The van der Waals surface area contributed by atoms with E-state index in [1.807, 2.05) is 13.8 Å². The molecule has 0 spiro atoms. The molecule has 0 fully saturated rings. The van der Waals surface area contributed by atoms with Crippen LogP contribution in [0.2, 0.25) is 0 Å². The molecular formula is C15H19FN4O2. The van der Waals surface area contributed by atoms with Gasteiger partial charge in [-0.2, -0.15) is 5.10 Å². The van der Waals surface area contributed by atoms with Crippen molar-refractivity contribution in [2.45, 2.75) is 26.4 Å². The summed E-state index contributed by atoms with van der Waals surface area (Å²) in [6.07, 6.45) is 2.88. The molecule has 0 aliphatic carbocycles. The van der Waals surface area contributed by atoms with Gasteiger partial charge in [0.2, 0.25) is 0 Å². The van der Waals surface area contributed by atoms with Crippen LogP contribution >= 0.6 is 0 Å². The van der Waals surface area contributed by atoms with Crippen LogP contribution in [0.3, 0.4) is 0 Å². The number of rotatable bonds is 6. The Balaban J connectivity index is 2.04. The van der Waals surface area contributed by atoms with Crippen molar-refractivity contribution in [1.82, 2.24) is 20.1 Å². The van der Waals surface area contributed by atoms with E-state index >= 15 is 0 Å². The average molecular weight is 306 g/mol. The summed E-state index contributed by atoms with van der Waals surface area (Å²) in [6, 6.07) is 4.11. The van der Waals surface area contributed by atoms with Gasteiger partial charge in [0.1, 0.15) is 24.2 Å². The Kier molecular flexibility index (Phi) is 5.21. The van der Waals surface area contributed by atoms with Crippen LogP contribution in [0.15, 0.2) is 30.9 Å². The predicted molar refractivity (Wildman–Crippen MR) is 79.1 cm³/mol. The number of nitrogens with one attached hydrogen (secondary N) is 1. The molecular weight excluding hydrogens is 287 g/mol. The third-order valence-electron chi connectivity index (χ3n) is 3.65. The first kappa shape index (κ1) is 16.1. The molecule has 2 unspecified atom stereocenters. The smallest absolute Gasteiger partial charge is 0.251 e. The number of carbonyl (C=O) groups excluding carboxylic acids is 1. The summed E-state index contributed by atoms with van der Waals surface area (Å²) in [5.41, 5.74) is 0.409. The monoisotopic (exact) mass is 306 g/mol. The standard InChI is InChI=1S/C15H19FN4O2/c1-3-10(2)14(21)7-18-15(22)11-4-5-13(12(16)6-11)20-9-17-8-19-20/h4-6,8-10,14,21H,3,7H2,1-2H3,(H,18,22). The normalized spacial score (nSPS) is 13.6. The van der Waals surface area contributed by atoms with E-state index in [9.17, 15) is 14.3 Å². The molecule has 0 radical (unpaired) electrons. The lowest BCUT2D eigenvalue weighted by atomic mass is 10.0. The summed E-state index contributed by atoms with van der Waals surface area (Å²) >= 11 is 0. The Hall–Kier alpha value is -2.28. The van der Waals surface area contributed by atoms with E-state index in [0.717, 1.165) is 12.5 Å². The number of carbonyl (C=O) groups is 1. The molecule has 2 aromatic rings. The zero-order chi connectivity index (χ0) is 16.1. The van der Waals surface area contributed by atoms with Crippen molar-refractivity contribution in [1.29, 1.82) is 0 Å². The number of hydrogen-bond acceptors (Lipinski definition) is 4. The maximum Gasteiger partial charge on any atom is 0.251 e. The highest BCUT2D eigenvalue weighted by atomic mass is 19.1. The third kappa shape index (κ3) is 3.67. The van der Waals surface area contributed by atoms with Crippen molar-refractivity contribution in [2.75, 3.05) is 6.54 Å². The van der Waals surface area contributed by atoms with Gasteiger partial charge in [-0.3, -0.25) is 4.79 Å². The SMILES string of the molecule is CCC(C)C(O)CNC(=O)c1ccc(-n2cncn2)c(F)c1. The highest BCUT2D eigenvalue weighted by Gasteiger charge is 2.15. The van der Waals surface area contributed by atoms with Crippen LogP contribution in [0.5, 0.6) is 0 Å². The van der Waals surface area contributed by atoms with Crippen molar-refractivity contribution >= 4 is 5.91 Å². The number of hydrogen-bond donors (Lipinski definition) is 2. The number of aromatic nitrogens is 3. The van der Waals surface area contributed by atoms with Crippen LogP contribution in [-0.4, -0.2) is 38.4 Å². The first-order valence-corrected chi connectivity index (χ1v) is 7.13. The van der Waals surface area contributed by atoms with Crippen molar-refractivity contribution in [2.24, 2.45) is 5.92 Å². The van der Waals surface area contributed by atoms with Gasteiger partial charge in [0, 0.05) is 12.1 Å². The Labute approximate surface area is 128 Å². The van der Waals surface area contributed by atoms with E-state index in [1.165, 1.54) is 29.5 Å². The molecule has 2 N–H and O–H groups in total. The molecule has 0 saturated heterocycles. The minimum absolute atomic E-state index is 0.0896. The van der Waals surface area contributed by atoms with Gasteiger partial charge < -0.3 is 10.4 Å². The molecule has 6 nitrogen and oxygen atoms in total. The van der Waals surface area contributed by atoms with Gasteiger partial charge in [-0.05, 0) is 24.1 Å². The number of aliphatic hydroxyl groups excluding tert-OH is 1. The summed E-state index contributed by atoms with van der Waals surface area (Å²) in [5.74, 6) is -0.904. The van der Waals surface area contributed by atoms with Gasteiger partial charge in [-0.1, -0.05) is 20.3 Å². The van der Waals surface area contributed by atoms with E-state index in [0.29, 0.717) is 0 Å². The van der Waals surface area contributed by atoms with Crippen LogP contribution in [0.4, 0.5) is 4.39 Å². The largest absolute Gasteiger partial charge is 0.391 e. The Morgan fingerprint density at radius 3 is 2.86 bits per heavy atom. The zero-order valence-corrected chi connectivity index (χ0v) is 12.5. The molecule has 2 rings (SSSR count). The van der Waals surface area contributed by atoms with E-state index in [-0.39, 0.29) is 23.7 Å². The van der Waals surface area contributed by atoms with Crippen LogP contribution in [-0.2, 0) is 0 Å². The van der Waals surface area contributed by atoms with E-state index in [2.05, 4.69) is 15.4 Å². The Morgan fingerprint density at radius 2 is 2.27 bits per heavy atom. The number of aliphatic hydroxyl groups is 1. The Morgan fingerprint density at radius 1 is 1.50 bits per heavy atom. The molecule has 0 bridgehead atoms. The lowest BCUT2D eigenvalue weighted by Crippen LogP contribution is -2.35.